The average Bonchev–Trinajstić information content (AvgIpc) is 2.76. The maximum Gasteiger partial charge on any atom is 0.335 e. The summed E-state index contributed by atoms with van der Waals surface area (Å²) in [4.78, 5) is 15.3. The number of carbonyl (C=O) groups is 1. The van der Waals surface area contributed by atoms with Gasteiger partial charge in [0.15, 0.2) is 5.15 Å². The second-order valence-electron chi connectivity index (χ2n) is 4.18. The highest BCUT2D eigenvalue weighted by Crippen LogP contribution is 2.30. The minimum atomic E-state index is -1.01. The van der Waals surface area contributed by atoms with E-state index in [2.05, 4.69) is 4.98 Å². The topological polar surface area (TPSA) is 54.6 Å². The van der Waals surface area contributed by atoms with Gasteiger partial charge in [-0.15, -0.1) is 0 Å². The molecule has 4 nitrogen and oxygen atoms in total. The third-order valence-electron chi connectivity index (χ3n) is 2.96. The van der Waals surface area contributed by atoms with Gasteiger partial charge in [-0.2, -0.15) is 0 Å². The first-order valence-corrected chi connectivity index (χ1v) is 6.49. The maximum atomic E-state index is 11.0. The fourth-order valence-corrected chi connectivity index (χ4v) is 2.46. The van der Waals surface area contributed by atoms with Crippen LogP contribution in [0, 0.1) is 0 Å². The molecule has 20 heavy (non-hydrogen) atoms. The summed E-state index contributed by atoms with van der Waals surface area (Å²) in [5.41, 5.74) is 1.42. The summed E-state index contributed by atoms with van der Waals surface area (Å²) < 4.78 is 1.72. The first-order chi connectivity index (χ1) is 9.58. The molecule has 0 amide bonds. The van der Waals surface area contributed by atoms with Crippen LogP contribution in [0.3, 0.4) is 0 Å². The van der Waals surface area contributed by atoms with Crippen LogP contribution in [-0.4, -0.2) is 20.5 Å². The first-order valence-electron chi connectivity index (χ1n) is 5.74. The number of hydrogen-bond donors (Lipinski definition) is 1. The number of rotatable bonds is 2. The van der Waals surface area contributed by atoms with Crippen LogP contribution in [0.1, 0.15) is 10.4 Å². The van der Waals surface area contributed by atoms with E-state index >= 15 is 0 Å². The van der Waals surface area contributed by atoms with Gasteiger partial charge in [-0.05, 0) is 24.3 Å². The van der Waals surface area contributed by atoms with E-state index in [0.717, 1.165) is 5.56 Å². The number of aromatic carboxylic acids is 1. The van der Waals surface area contributed by atoms with Crippen molar-refractivity contribution in [1.82, 2.24) is 9.38 Å². The predicted octanol–water partition coefficient (Wildman–Crippen LogP) is 4.01. The lowest BCUT2D eigenvalue weighted by Crippen LogP contribution is -1.98. The standard InChI is InChI=1S/C14H8Cl2N2O2/c15-10-4-2-1-3-9(10)13-17-12(16)11-7-8(14(19)20)5-6-18(11)13/h1-7H,(H,19,20). The monoisotopic (exact) mass is 306 g/mol. The minimum absolute atomic E-state index is 0.157. The third-order valence-corrected chi connectivity index (χ3v) is 3.57. The van der Waals surface area contributed by atoms with Crippen molar-refractivity contribution in [3.8, 4) is 11.4 Å². The van der Waals surface area contributed by atoms with Crippen LogP contribution in [0.5, 0.6) is 0 Å². The second-order valence-corrected chi connectivity index (χ2v) is 4.95. The van der Waals surface area contributed by atoms with Gasteiger partial charge in [-0.1, -0.05) is 35.3 Å². The van der Waals surface area contributed by atoms with E-state index in [9.17, 15) is 4.79 Å². The van der Waals surface area contributed by atoms with Crippen molar-refractivity contribution in [1.29, 1.82) is 0 Å². The maximum absolute atomic E-state index is 11.0. The molecule has 0 saturated carbocycles. The lowest BCUT2D eigenvalue weighted by molar-refractivity contribution is 0.0697. The van der Waals surface area contributed by atoms with Crippen molar-refractivity contribution < 1.29 is 9.90 Å². The molecule has 100 valence electrons. The highest BCUT2D eigenvalue weighted by Gasteiger charge is 2.15. The average molecular weight is 307 g/mol. The smallest absolute Gasteiger partial charge is 0.335 e. The molecule has 0 atom stereocenters. The predicted molar refractivity (Wildman–Crippen MR) is 77.6 cm³/mol. The van der Waals surface area contributed by atoms with Gasteiger partial charge >= 0.3 is 5.97 Å². The number of hydrogen-bond acceptors (Lipinski definition) is 2. The first kappa shape index (κ1) is 13.0. The summed E-state index contributed by atoms with van der Waals surface area (Å²) in [6.07, 6.45) is 1.62. The van der Waals surface area contributed by atoms with Crippen LogP contribution in [0.2, 0.25) is 10.2 Å². The van der Waals surface area contributed by atoms with E-state index in [0.29, 0.717) is 16.4 Å². The Hall–Kier alpha value is -2.04. The van der Waals surface area contributed by atoms with Gasteiger partial charge in [0.1, 0.15) is 5.82 Å². The zero-order valence-electron chi connectivity index (χ0n) is 10.0. The Labute approximate surface area is 124 Å². The van der Waals surface area contributed by atoms with E-state index in [-0.39, 0.29) is 10.7 Å². The number of benzene rings is 1. The van der Waals surface area contributed by atoms with Gasteiger partial charge in [0.25, 0.3) is 0 Å². The third kappa shape index (κ3) is 2.03. The van der Waals surface area contributed by atoms with Gasteiger partial charge < -0.3 is 5.11 Å². The Morgan fingerprint density at radius 2 is 1.95 bits per heavy atom. The molecular formula is C14H8Cl2N2O2. The summed E-state index contributed by atoms with van der Waals surface area (Å²) in [6.45, 7) is 0. The molecule has 1 aromatic carbocycles. The quantitative estimate of drug-likeness (QED) is 0.778. The van der Waals surface area contributed by atoms with Gasteiger partial charge in [-0.25, -0.2) is 9.78 Å². The fourth-order valence-electron chi connectivity index (χ4n) is 2.01. The summed E-state index contributed by atoms with van der Waals surface area (Å²) in [5.74, 6) is -0.434. The number of fused-ring (bicyclic) bond motifs is 1. The van der Waals surface area contributed by atoms with E-state index in [1.165, 1.54) is 12.1 Å². The highest BCUT2D eigenvalue weighted by atomic mass is 35.5. The van der Waals surface area contributed by atoms with Crippen LogP contribution >= 0.6 is 23.2 Å². The van der Waals surface area contributed by atoms with Crippen molar-refractivity contribution in [2.45, 2.75) is 0 Å². The molecule has 0 unspecified atom stereocenters. The molecule has 0 radical (unpaired) electrons. The lowest BCUT2D eigenvalue weighted by atomic mass is 10.2. The molecule has 0 aliphatic heterocycles. The zero-order chi connectivity index (χ0) is 14.3. The van der Waals surface area contributed by atoms with Gasteiger partial charge in [0, 0.05) is 11.8 Å². The van der Waals surface area contributed by atoms with E-state index in [1.807, 2.05) is 18.2 Å². The Balaban J connectivity index is 2.29. The number of carboxylic acids is 1. The molecule has 0 fully saturated rings. The SMILES string of the molecule is O=C(O)c1ccn2c(-c3ccccc3Cl)nc(Cl)c2c1. The zero-order valence-corrected chi connectivity index (χ0v) is 11.6. The van der Waals surface area contributed by atoms with Gasteiger partial charge in [0.05, 0.1) is 16.1 Å². The van der Waals surface area contributed by atoms with Crippen molar-refractivity contribution >= 4 is 34.7 Å². The highest BCUT2D eigenvalue weighted by molar-refractivity contribution is 6.34. The number of nitrogens with zero attached hydrogens (tertiary/aromatic N) is 2. The van der Waals surface area contributed by atoms with Crippen molar-refractivity contribution in [3.63, 3.8) is 0 Å². The van der Waals surface area contributed by atoms with Crippen molar-refractivity contribution in [3.05, 3.63) is 58.3 Å². The molecule has 0 aliphatic carbocycles. The second kappa shape index (κ2) is 4.81. The molecule has 0 saturated heterocycles. The number of aromatic nitrogens is 2. The number of carboxylic acid groups (broad SMARTS) is 1. The molecule has 3 aromatic rings. The summed E-state index contributed by atoms with van der Waals surface area (Å²) in [6, 6.07) is 10.2. The van der Waals surface area contributed by atoms with E-state index in [1.54, 1.807) is 16.7 Å². The Morgan fingerprint density at radius 1 is 1.20 bits per heavy atom. The van der Waals surface area contributed by atoms with Gasteiger partial charge in [-0.3, -0.25) is 4.40 Å². The minimum Gasteiger partial charge on any atom is -0.478 e. The Bertz CT molecular complexity index is 827. The number of pyridine rings is 1. The molecule has 6 heteroatoms. The van der Waals surface area contributed by atoms with Crippen molar-refractivity contribution in [2.24, 2.45) is 0 Å². The summed E-state index contributed by atoms with van der Waals surface area (Å²) >= 11 is 12.2. The van der Waals surface area contributed by atoms with E-state index in [4.69, 9.17) is 28.3 Å². The van der Waals surface area contributed by atoms with Crippen LogP contribution in [-0.2, 0) is 0 Å². The van der Waals surface area contributed by atoms with E-state index < -0.39 is 5.97 Å². The van der Waals surface area contributed by atoms with Crippen LogP contribution in [0.4, 0.5) is 0 Å². The fraction of sp³-hybridized carbons (Fsp3) is 0. The molecule has 0 spiro atoms. The molecule has 2 aromatic heterocycles. The molecule has 0 aliphatic rings. The van der Waals surface area contributed by atoms with Crippen molar-refractivity contribution in [2.75, 3.05) is 0 Å². The number of halogens is 2. The molecule has 0 bridgehead atoms. The Kier molecular flexibility index (Phi) is 3.12. The van der Waals surface area contributed by atoms with Crippen LogP contribution < -0.4 is 0 Å². The molecular weight excluding hydrogens is 299 g/mol. The normalized spacial score (nSPS) is 10.9. The molecule has 2 heterocycles. The van der Waals surface area contributed by atoms with Gasteiger partial charge in [0.2, 0.25) is 0 Å². The van der Waals surface area contributed by atoms with Crippen LogP contribution in [0.15, 0.2) is 42.6 Å². The molecule has 1 N–H and O–H groups in total. The Morgan fingerprint density at radius 3 is 2.65 bits per heavy atom. The lowest BCUT2D eigenvalue weighted by Gasteiger charge is -2.03. The molecule has 3 rings (SSSR count). The summed E-state index contributed by atoms with van der Waals surface area (Å²) in [7, 11) is 0. The largest absolute Gasteiger partial charge is 0.478 e. The summed E-state index contributed by atoms with van der Waals surface area (Å²) in [5, 5.41) is 9.80. The number of imidazole rings is 1. The van der Waals surface area contributed by atoms with Crippen LogP contribution in [0.25, 0.3) is 16.9 Å².